The van der Waals surface area contributed by atoms with Crippen molar-refractivity contribution in [1.82, 2.24) is 14.5 Å². The first-order valence-electron chi connectivity index (χ1n) is 21.0. The predicted molar refractivity (Wildman–Crippen MR) is 258 cm³/mol. The van der Waals surface area contributed by atoms with Crippen LogP contribution in [-0.4, -0.2) is 27.8 Å². The van der Waals surface area contributed by atoms with Crippen molar-refractivity contribution in [2.75, 3.05) is 0 Å². The molecule has 0 amide bonds. The molecule has 0 saturated heterocycles. The summed E-state index contributed by atoms with van der Waals surface area (Å²) in [6.07, 6.45) is 3.24. The zero-order valence-electron chi connectivity index (χ0n) is 36.0. The number of nitrogens with zero attached hydrogens (tertiary/aromatic N) is 3. The number of fused-ring (bicyclic) bond motifs is 4. The number of pyridine rings is 1. The van der Waals surface area contributed by atoms with Crippen molar-refractivity contribution in [3.8, 4) is 50.6 Å². The number of furan rings is 1. The molecule has 0 saturated carbocycles. The average Bonchev–Trinajstić information content (AvgIpc) is 3.85. The molecule has 0 spiro atoms. The van der Waals surface area contributed by atoms with Crippen LogP contribution in [0.5, 0.6) is 0 Å². The minimum absolute atomic E-state index is 0. The van der Waals surface area contributed by atoms with E-state index in [0.29, 0.717) is 5.41 Å². The quantitative estimate of drug-likeness (QED) is 0.118. The van der Waals surface area contributed by atoms with Crippen molar-refractivity contribution in [3.05, 3.63) is 194 Å². The molecule has 4 nitrogen and oxygen atoms in total. The van der Waals surface area contributed by atoms with Gasteiger partial charge in [0.05, 0.1) is 22.4 Å². The molecule has 0 bridgehead atoms. The van der Waals surface area contributed by atoms with Crippen LogP contribution in [0.2, 0.25) is 17.3 Å². The second-order valence-electron chi connectivity index (χ2n) is 17.9. The van der Waals surface area contributed by atoms with Crippen LogP contribution in [0.3, 0.4) is 0 Å². The van der Waals surface area contributed by atoms with Gasteiger partial charge in [0.2, 0.25) is 0 Å². The normalized spacial score (nSPS) is 11.6. The summed E-state index contributed by atoms with van der Waals surface area (Å²) in [4.78, 5) is 9.91. The topological polar surface area (TPSA) is 43.9 Å². The van der Waals surface area contributed by atoms with Crippen molar-refractivity contribution in [2.24, 2.45) is 5.41 Å². The van der Waals surface area contributed by atoms with E-state index in [1.54, 1.807) is 0 Å². The Morgan fingerprint density at radius 3 is 2.06 bits per heavy atom. The van der Waals surface area contributed by atoms with Gasteiger partial charge in [-0.2, -0.15) is 0 Å². The number of benzene rings is 7. The Bertz CT molecular complexity index is 3120. The maximum Gasteiger partial charge on any atom is 0.120 e. The second kappa shape index (κ2) is 17.9. The Balaban J connectivity index is 0.000000205. The number of hydrogen-bond donors (Lipinski definition) is 0. The monoisotopic (exact) mass is 1050 g/mol. The van der Waals surface area contributed by atoms with E-state index in [-0.39, 0.29) is 20.1 Å². The molecule has 62 heavy (non-hydrogen) atoms. The number of hydrogen-bond acceptors (Lipinski definition) is 3. The molecule has 309 valence electrons. The van der Waals surface area contributed by atoms with E-state index in [9.17, 15) is 0 Å². The van der Waals surface area contributed by atoms with Gasteiger partial charge in [-0.15, -0.1) is 18.2 Å². The van der Waals surface area contributed by atoms with E-state index >= 15 is 0 Å². The van der Waals surface area contributed by atoms with E-state index in [0.717, 1.165) is 84.4 Å². The molecule has 0 aliphatic carbocycles. The first kappa shape index (κ1) is 42.8. The van der Waals surface area contributed by atoms with Crippen LogP contribution in [0.1, 0.15) is 26.3 Å². The van der Waals surface area contributed by atoms with Crippen LogP contribution < -0.4 is 4.40 Å². The van der Waals surface area contributed by atoms with Crippen LogP contribution in [0.4, 0.5) is 0 Å². The third-order valence-corrected chi connectivity index (χ3v) is 15.4. The number of imidazole rings is 1. The largest absolute Gasteiger partial charge is 0.501 e. The molecular weight excluding hydrogens is 995 g/mol. The molecule has 0 aliphatic rings. The van der Waals surface area contributed by atoms with Gasteiger partial charge in [-0.25, -0.2) is 0 Å². The van der Waals surface area contributed by atoms with Crippen molar-refractivity contribution in [3.63, 3.8) is 0 Å². The Kier molecular flexibility index (Phi) is 12.3. The van der Waals surface area contributed by atoms with Crippen LogP contribution in [-0.2, 0) is 26.5 Å². The van der Waals surface area contributed by atoms with E-state index in [2.05, 4.69) is 176 Å². The van der Waals surface area contributed by atoms with Crippen LogP contribution in [0.25, 0.3) is 83.6 Å². The molecule has 0 N–H and O–H groups in total. The third-order valence-electron chi connectivity index (χ3n) is 11.1. The first-order chi connectivity index (χ1) is 29.5. The van der Waals surface area contributed by atoms with Crippen LogP contribution in [0, 0.1) is 17.5 Å². The minimum Gasteiger partial charge on any atom is -0.501 e. The molecule has 0 aliphatic heterocycles. The molecule has 10 rings (SSSR count). The van der Waals surface area contributed by atoms with Gasteiger partial charge in [0.15, 0.2) is 0 Å². The fourth-order valence-corrected chi connectivity index (χ4v) is 11.6. The molecule has 3 aromatic heterocycles. The summed E-state index contributed by atoms with van der Waals surface area (Å²) in [6.45, 7) is 6.92. The van der Waals surface area contributed by atoms with Gasteiger partial charge in [0.25, 0.3) is 0 Å². The minimum atomic E-state index is -1.90. The first-order valence-corrected chi connectivity index (χ1v) is 28.4. The van der Waals surface area contributed by atoms with Gasteiger partial charge in [-0.3, -0.25) is 4.98 Å². The standard InChI is InChI=1S/C37H23N2O.C19H26GeN.Ir/c1-3-12-25(13-4-1)27-22-23-28(26-14-5-2-6-15-26)34(24-27)39-33-20-9-8-19-32(33)38-37(39)31-18-11-17-30-29-16-7-10-21-35(29)40-36(30)31;1-19(2,3)13-16-12-18(15-10-8-7-9-11-15)21-14-17(16)20(4,5)6;/h1-17,19-24H;7-10,12,14H,13H2,1-6H3;/q2*-1;. The van der Waals surface area contributed by atoms with Crippen molar-refractivity contribution >= 4 is 50.6 Å². The fraction of sp³-hybridized carbons (Fsp3) is 0.143. The Morgan fingerprint density at radius 2 is 1.34 bits per heavy atom. The van der Waals surface area contributed by atoms with Gasteiger partial charge in [0, 0.05) is 36.7 Å². The maximum absolute atomic E-state index is 6.45. The van der Waals surface area contributed by atoms with E-state index in [4.69, 9.17) is 14.4 Å². The van der Waals surface area contributed by atoms with E-state index < -0.39 is 13.3 Å². The molecule has 0 atom stereocenters. The summed E-state index contributed by atoms with van der Waals surface area (Å²) in [7, 11) is 0. The molecule has 6 heteroatoms. The molecule has 7 aromatic carbocycles. The zero-order valence-corrected chi connectivity index (χ0v) is 40.5. The van der Waals surface area contributed by atoms with Gasteiger partial charge in [-0.05, 0) is 41.0 Å². The Labute approximate surface area is 381 Å². The maximum atomic E-state index is 6.45. The summed E-state index contributed by atoms with van der Waals surface area (Å²) >= 11 is -1.90. The Hall–Kier alpha value is -5.85. The molecular formula is C56H49GeIrN3O-2. The fourth-order valence-electron chi connectivity index (χ4n) is 8.27. The SMILES string of the molecule is CC(C)(C)Cc1cc(-c2[c-]cccc2)nc[c]1[Ge]([CH3])([CH3])[CH3].[Ir].[c-]1ccc2c(oc3ccccc32)c1-c1nc2ccccc2n1-c1cc(-c2ccccc2)ccc1-c1ccccc1. The van der Waals surface area contributed by atoms with Gasteiger partial charge in [0.1, 0.15) is 5.58 Å². The number of para-hydroxylation sites is 3. The van der Waals surface area contributed by atoms with Crippen LogP contribution >= 0.6 is 0 Å². The van der Waals surface area contributed by atoms with Gasteiger partial charge in [-0.1, -0.05) is 114 Å². The van der Waals surface area contributed by atoms with Crippen molar-refractivity contribution in [2.45, 2.75) is 44.5 Å². The second-order valence-corrected chi connectivity index (χ2v) is 28.5. The van der Waals surface area contributed by atoms with Crippen molar-refractivity contribution in [1.29, 1.82) is 0 Å². The van der Waals surface area contributed by atoms with Crippen molar-refractivity contribution < 1.29 is 24.5 Å². The molecule has 0 unspecified atom stereocenters. The van der Waals surface area contributed by atoms with E-state index in [1.165, 1.54) is 15.5 Å². The third kappa shape index (κ3) is 8.89. The number of aromatic nitrogens is 3. The summed E-state index contributed by atoms with van der Waals surface area (Å²) in [5.74, 6) is 8.13. The molecule has 3 heterocycles. The summed E-state index contributed by atoms with van der Waals surface area (Å²) in [5, 5.41) is 2.15. The average molecular weight is 1040 g/mol. The molecule has 0 fully saturated rings. The zero-order chi connectivity index (χ0) is 42.1. The van der Waals surface area contributed by atoms with Crippen LogP contribution in [0.15, 0.2) is 180 Å². The Morgan fingerprint density at radius 1 is 0.645 bits per heavy atom. The predicted octanol–water partition coefficient (Wildman–Crippen LogP) is 14.4. The smallest absolute Gasteiger partial charge is 0.120 e. The van der Waals surface area contributed by atoms with Gasteiger partial charge < -0.3 is 8.98 Å². The van der Waals surface area contributed by atoms with Gasteiger partial charge >= 0.3 is 132 Å². The van der Waals surface area contributed by atoms with E-state index in [1.807, 2.05) is 54.6 Å². The molecule has 10 aromatic rings. The summed E-state index contributed by atoms with van der Waals surface area (Å²) < 4.78 is 10.2. The summed E-state index contributed by atoms with van der Waals surface area (Å²) in [5.41, 5.74) is 14.0. The molecule has 1 radical (unpaired) electrons. The summed E-state index contributed by atoms with van der Waals surface area (Å²) in [6, 6.07) is 65.4. The number of rotatable bonds is 7.